The Morgan fingerprint density at radius 1 is 0.923 bits per heavy atom. The molecule has 4 nitrogen and oxygen atoms in total. The van der Waals surface area contributed by atoms with Crippen molar-refractivity contribution < 1.29 is 18.9 Å². The molecule has 0 spiro atoms. The van der Waals surface area contributed by atoms with Gasteiger partial charge in [0, 0.05) is 19.8 Å². The first kappa shape index (κ1) is 20.0. The zero-order valence-electron chi connectivity index (χ0n) is 15.9. The average molecular weight is 356 g/mol. The average Bonchev–Trinajstić information content (AvgIpc) is 2.66. The molecular weight excluding hydrogens is 328 g/mol. The van der Waals surface area contributed by atoms with Crippen LogP contribution in [0.1, 0.15) is 24.5 Å². The topological polar surface area (TPSA) is 36.9 Å². The Kier molecular flexibility index (Phi) is 8.19. The van der Waals surface area contributed by atoms with E-state index in [0.29, 0.717) is 0 Å². The molecule has 0 bridgehead atoms. The molecule has 2 rings (SSSR count). The molecule has 0 aliphatic rings. The smallest absolute Gasteiger partial charge is 0.188 e. The Labute approximate surface area is 156 Å². The lowest BCUT2D eigenvalue weighted by Gasteiger charge is -2.15. The Morgan fingerprint density at radius 3 is 2.27 bits per heavy atom. The maximum atomic E-state index is 5.78. The third-order valence-corrected chi connectivity index (χ3v) is 3.98. The molecule has 0 fully saturated rings. The third-order valence-electron chi connectivity index (χ3n) is 3.98. The van der Waals surface area contributed by atoms with E-state index in [0.717, 1.165) is 47.5 Å². The summed E-state index contributed by atoms with van der Waals surface area (Å²) in [5.74, 6) is 1.61. The lowest BCUT2D eigenvalue weighted by molar-refractivity contribution is 0.0504. The molecule has 0 heterocycles. The highest BCUT2D eigenvalue weighted by Gasteiger charge is 2.11. The molecule has 2 aromatic carbocycles. The summed E-state index contributed by atoms with van der Waals surface area (Å²) in [6.45, 7) is 6.46. The second kappa shape index (κ2) is 10.6. The summed E-state index contributed by atoms with van der Waals surface area (Å²) in [6.07, 6.45) is 4.72. The van der Waals surface area contributed by atoms with Crippen LogP contribution in [0.4, 0.5) is 0 Å². The molecule has 4 heteroatoms. The van der Waals surface area contributed by atoms with E-state index in [1.165, 1.54) is 5.56 Å². The van der Waals surface area contributed by atoms with Crippen molar-refractivity contribution in [2.45, 2.75) is 26.2 Å². The maximum Gasteiger partial charge on any atom is 0.188 e. The first-order valence-corrected chi connectivity index (χ1v) is 8.84. The summed E-state index contributed by atoms with van der Waals surface area (Å²) in [4.78, 5) is 0. The number of aryl methyl sites for hydroxylation is 1. The van der Waals surface area contributed by atoms with Crippen molar-refractivity contribution >= 4 is 0 Å². The van der Waals surface area contributed by atoms with Crippen LogP contribution in [0, 0.1) is 0 Å². The molecule has 0 unspecified atom stereocenters. The Morgan fingerprint density at radius 2 is 1.62 bits per heavy atom. The van der Waals surface area contributed by atoms with E-state index in [1.54, 1.807) is 14.2 Å². The second-order valence-electron chi connectivity index (χ2n) is 6.00. The van der Waals surface area contributed by atoms with Gasteiger partial charge in [-0.1, -0.05) is 31.6 Å². The van der Waals surface area contributed by atoms with Gasteiger partial charge in [-0.3, -0.25) is 0 Å². The SMILES string of the molecule is C=CCc1cc(-c2cc(CCC)ccc2OCOC)ccc1OCOC. The van der Waals surface area contributed by atoms with Crippen molar-refractivity contribution in [3.63, 3.8) is 0 Å². The highest BCUT2D eigenvalue weighted by Crippen LogP contribution is 2.34. The molecule has 0 aliphatic carbocycles. The maximum absolute atomic E-state index is 5.78. The number of hydrogen-bond donors (Lipinski definition) is 0. The molecule has 0 atom stereocenters. The van der Waals surface area contributed by atoms with Crippen molar-refractivity contribution in [2.75, 3.05) is 27.8 Å². The minimum Gasteiger partial charge on any atom is -0.467 e. The summed E-state index contributed by atoms with van der Waals surface area (Å²) in [6, 6.07) is 12.5. The molecule has 0 aliphatic heterocycles. The molecule has 0 amide bonds. The van der Waals surface area contributed by atoms with Crippen molar-refractivity contribution in [3.05, 3.63) is 60.2 Å². The van der Waals surface area contributed by atoms with E-state index < -0.39 is 0 Å². The molecule has 0 saturated carbocycles. The van der Waals surface area contributed by atoms with Crippen molar-refractivity contribution in [3.8, 4) is 22.6 Å². The van der Waals surface area contributed by atoms with Gasteiger partial charge in [0.05, 0.1) is 0 Å². The summed E-state index contributed by atoms with van der Waals surface area (Å²) < 4.78 is 21.5. The van der Waals surface area contributed by atoms with Gasteiger partial charge in [0.2, 0.25) is 0 Å². The highest BCUT2D eigenvalue weighted by molar-refractivity contribution is 5.72. The van der Waals surface area contributed by atoms with Crippen LogP contribution in [-0.2, 0) is 22.3 Å². The molecule has 0 N–H and O–H groups in total. The summed E-state index contributed by atoms with van der Waals surface area (Å²) in [7, 11) is 3.23. The van der Waals surface area contributed by atoms with E-state index in [4.69, 9.17) is 18.9 Å². The predicted molar refractivity (Wildman–Crippen MR) is 105 cm³/mol. The Hall–Kier alpha value is -2.30. The van der Waals surface area contributed by atoms with Crippen LogP contribution in [0.3, 0.4) is 0 Å². The van der Waals surface area contributed by atoms with Gasteiger partial charge in [-0.2, -0.15) is 0 Å². The quantitative estimate of drug-likeness (QED) is 0.419. The van der Waals surface area contributed by atoms with E-state index in [2.05, 4.69) is 31.7 Å². The number of ether oxygens (including phenoxy) is 4. The Bertz CT molecular complexity index is 709. The van der Waals surface area contributed by atoms with E-state index in [-0.39, 0.29) is 13.6 Å². The lowest BCUT2D eigenvalue weighted by Crippen LogP contribution is -2.03. The van der Waals surface area contributed by atoms with Crippen molar-refractivity contribution in [1.29, 1.82) is 0 Å². The fourth-order valence-electron chi connectivity index (χ4n) is 2.82. The van der Waals surface area contributed by atoms with E-state index in [9.17, 15) is 0 Å². The molecular formula is C22H28O4. The molecule has 140 valence electrons. The number of rotatable bonds is 11. The summed E-state index contributed by atoms with van der Waals surface area (Å²) in [5.41, 5.74) is 4.48. The van der Waals surface area contributed by atoms with Crippen LogP contribution < -0.4 is 9.47 Å². The molecule has 0 saturated heterocycles. The highest BCUT2D eigenvalue weighted by atomic mass is 16.7. The second-order valence-corrected chi connectivity index (χ2v) is 6.00. The fourth-order valence-corrected chi connectivity index (χ4v) is 2.82. The lowest BCUT2D eigenvalue weighted by atomic mass is 9.97. The summed E-state index contributed by atoms with van der Waals surface area (Å²) >= 11 is 0. The van der Waals surface area contributed by atoms with Crippen molar-refractivity contribution in [2.24, 2.45) is 0 Å². The first-order valence-electron chi connectivity index (χ1n) is 8.84. The van der Waals surface area contributed by atoms with Gasteiger partial charge >= 0.3 is 0 Å². The van der Waals surface area contributed by atoms with Gasteiger partial charge in [0.15, 0.2) is 13.6 Å². The van der Waals surface area contributed by atoms with Gasteiger partial charge in [0.25, 0.3) is 0 Å². The number of allylic oxidation sites excluding steroid dienone is 1. The Balaban J connectivity index is 2.44. The molecule has 0 aromatic heterocycles. The number of benzene rings is 2. The minimum atomic E-state index is 0.217. The van der Waals surface area contributed by atoms with Gasteiger partial charge < -0.3 is 18.9 Å². The van der Waals surface area contributed by atoms with Crippen LogP contribution in [0.2, 0.25) is 0 Å². The zero-order valence-corrected chi connectivity index (χ0v) is 15.9. The zero-order chi connectivity index (χ0) is 18.8. The molecule has 2 aromatic rings. The number of methoxy groups -OCH3 is 2. The van der Waals surface area contributed by atoms with Crippen LogP contribution in [-0.4, -0.2) is 27.8 Å². The van der Waals surface area contributed by atoms with E-state index in [1.807, 2.05) is 24.3 Å². The van der Waals surface area contributed by atoms with Crippen LogP contribution in [0.25, 0.3) is 11.1 Å². The minimum absolute atomic E-state index is 0.217. The molecule has 0 radical (unpaired) electrons. The fraction of sp³-hybridized carbons (Fsp3) is 0.364. The third kappa shape index (κ3) is 5.35. The standard InChI is InChI=1S/C22H28O4/c1-5-7-17-9-11-22(26-16-24-4)20(13-17)18-10-12-21(25-15-23-3)19(14-18)8-6-2/h6,9-14H,2,5,7-8,15-16H2,1,3-4H3. The summed E-state index contributed by atoms with van der Waals surface area (Å²) in [5, 5.41) is 0. The van der Waals surface area contributed by atoms with Crippen LogP contribution in [0.5, 0.6) is 11.5 Å². The van der Waals surface area contributed by atoms with Gasteiger partial charge in [-0.25, -0.2) is 0 Å². The largest absolute Gasteiger partial charge is 0.467 e. The van der Waals surface area contributed by atoms with Gasteiger partial charge in [-0.15, -0.1) is 6.58 Å². The predicted octanol–water partition coefficient (Wildman–Crippen LogP) is 5.00. The monoisotopic (exact) mass is 356 g/mol. The van der Waals surface area contributed by atoms with E-state index >= 15 is 0 Å². The normalized spacial score (nSPS) is 10.6. The van der Waals surface area contributed by atoms with Crippen LogP contribution in [0.15, 0.2) is 49.1 Å². The van der Waals surface area contributed by atoms with Crippen molar-refractivity contribution in [1.82, 2.24) is 0 Å². The van der Waals surface area contributed by atoms with Gasteiger partial charge in [0.1, 0.15) is 11.5 Å². The first-order chi connectivity index (χ1) is 12.7. The molecule has 26 heavy (non-hydrogen) atoms. The van der Waals surface area contributed by atoms with Crippen LogP contribution >= 0.6 is 0 Å². The number of hydrogen-bond acceptors (Lipinski definition) is 4. The van der Waals surface area contributed by atoms with Gasteiger partial charge in [-0.05, 0) is 53.8 Å².